The van der Waals surface area contributed by atoms with E-state index < -0.39 is 47.6 Å². The van der Waals surface area contributed by atoms with Crippen molar-refractivity contribution in [3.8, 4) is 11.8 Å². The van der Waals surface area contributed by atoms with E-state index in [9.17, 15) is 19.8 Å². The maximum atomic E-state index is 12.7. The summed E-state index contributed by atoms with van der Waals surface area (Å²) < 4.78 is 28.4. The van der Waals surface area contributed by atoms with Gasteiger partial charge >= 0.3 is 6.09 Å². The van der Waals surface area contributed by atoms with E-state index in [2.05, 4.69) is 10.3 Å². The van der Waals surface area contributed by atoms with Crippen molar-refractivity contribution in [2.75, 3.05) is 20.2 Å². The summed E-state index contributed by atoms with van der Waals surface area (Å²) in [5.74, 6) is 0.588. The number of amides is 1. The quantitative estimate of drug-likeness (QED) is 0.352. The number of methoxy groups -OCH3 is 1. The average Bonchev–Trinajstić information content (AvgIpc) is 3.66. The first-order chi connectivity index (χ1) is 22.8. The molecular weight excluding hydrogens is 663 g/mol. The zero-order valence-corrected chi connectivity index (χ0v) is 29.8. The number of aliphatic hydroxyl groups is 2. The number of hydrogen-bond donors (Lipinski definition) is 3. The first-order valence-corrected chi connectivity index (χ1v) is 17.6. The van der Waals surface area contributed by atoms with E-state index in [0.717, 1.165) is 17.6 Å². The lowest BCUT2D eigenvalue weighted by Gasteiger charge is -2.39. The van der Waals surface area contributed by atoms with Gasteiger partial charge in [0.05, 0.1) is 31.9 Å². The van der Waals surface area contributed by atoms with Crippen molar-refractivity contribution < 1.29 is 43.5 Å². The predicted octanol–water partition coefficient (Wildman–Crippen LogP) is 2.91. The van der Waals surface area contributed by atoms with Crippen molar-refractivity contribution in [2.45, 2.75) is 107 Å². The summed E-state index contributed by atoms with van der Waals surface area (Å²) in [6.07, 6.45) is -3.76. The van der Waals surface area contributed by atoms with Crippen molar-refractivity contribution in [3.05, 3.63) is 29.8 Å². The summed E-state index contributed by atoms with van der Waals surface area (Å²) >= 11 is 2.67. The van der Waals surface area contributed by atoms with E-state index in [1.807, 2.05) is 71.9 Å². The van der Waals surface area contributed by atoms with Gasteiger partial charge in [-0.2, -0.15) is 5.26 Å². The summed E-state index contributed by atoms with van der Waals surface area (Å²) in [5, 5.41) is 32.4. The highest BCUT2D eigenvalue weighted by Gasteiger charge is 2.50. The van der Waals surface area contributed by atoms with Gasteiger partial charge in [0, 0.05) is 19.0 Å². The minimum atomic E-state index is -1.18. The Morgan fingerprint density at radius 2 is 1.88 bits per heavy atom. The smallest absolute Gasteiger partial charge is 0.416 e. The van der Waals surface area contributed by atoms with E-state index >= 15 is 0 Å². The van der Waals surface area contributed by atoms with Crippen LogP contribution in [-0.2, 0) is 30.3 Å². The largest absolute Gasteiger partial charge is 0.497 e. The lowest BCUT2D eigenvalue weighted by atomic mass is 9.90. The van der Waals surface area contributed by atoms with E-state index in [1.54, 1.807) is 7.11 Å². The summed E-state index contributed by atoms with van der Waals surface area (Å²) in [5.41, 5.74) is -0.400. The number of benzene rings is 1. The number of nitrogens with one attached hydrogen (secondary N) is 1. The molecule has 264 valence electrons. The van der Waals surface area contributed by atoms with Crippen LogP contribution in [0.4, 0.5) is 4.79 Å². The molecule has 0 saturated carbocycles. The Labute approximate surface area is 289 Å². The van der Waals surface area contributed by atoms with Crippen LogP contribution in [0.5, 0.6) is 5.75 Å². The molecule has 1 amide bonds. The molecule has 4 aliphatic rings. The van der Waals surface area contributed by atoms with Crippen LogP contribution in [0.3, 0.4) is 0 Å². The highest BCUT2D eigenvalue weighted by atomic mass is 32.2. The molecule has 48 heavy (non-hydrogen) atoms. The Morgan fingerprint density at radius 3 is 2.46 bits per heavy atom. The zero-order valence-electron chi connectivity index (χ0n) is 28.1. The zero-order chi connectivity index (χ0) is 35.2. The molecule has 0 aliphatic carbocycles. The van der Waals surface area contributed by atoms with Crippen LogP contribution in [0.1, 0.15) is 47.1 Å². The molecule has 14 nitrogen and oxygen atoms in total. The minimum Gasteiger partial charge on any atom is -0.497 e. The van der Waals surface area contributed by atoms with Crippen molar-refractivity contribution in [3.63, 3.8) is 0 Å². The van der Waals surface area contributed by atoms with E-state index in [-0.39, 0.29) is 23.5 Å². The van der Waals surface area contributed by atoms with Crippen molar-refractivity contribution in [2.24, 2.45) is 15.9 Å². The fraction of sp³-hybridized carbons (Fsp3) is 0.656. The maximum Gasteiger partial charge on any atom is 0.416 e. The second kappa shape index (κ2) is 16.7. The number of ether oxygens (including phenoxy) is 5. The van der Waals surface area contributed by atoms with E-state index in [1.165, 1.54) is 28.4 Å². The summed E-state index contributed by atoms with van der Waals surface area (Å²) in [6.45, 7) is 12.6. The van der Waals surface area contributed by atoms with Crippen LogP contribution in [-0.4, -0.2) is 117 Å². The number of carbonyl (C=O) groups is 2. The second-order valence-electron chi connectivity index (χ2n) is 12.4. The third-order valence-electron chi connectivity index (χ3n) is 7.87. The highest BCUT2D eigenvalue weighted by molar-refractivity contribution is 8.14. The number of aldehydes is 1. The number of aliphatic hydroxyl groups excluding tert-OH is 2. The normalized spacial score (nSPS) is 33.2. The Morgan fingerprint density at radius 1 is 1.17 bits per heavy atom. The van der Waals surface area contributed by atoms with Gasteiger partial charge in [-0.15, -0.1) is 0 Å². The van der Waals surface area contributed by atoms with Crippen LogP contribution in [0, 0.1) is 17.2 Å². The topological polar surface area (TPSA) is 185 Å². The number of carbonyl (C=O) groups excluding carboxylic acids is 2. The molecule has 5 rings (SSSR count). The monoisotopic (exact) mass is 707 g/mol. The first-order valence-electron chi connectivity index (χ1n) is 15.8. The van der Waals surface area contributed by atoms with Gasteiger partial charge in [-0.1, -0.05) is 42.6 Å². The summed E-state index contributed by atoms with van der Waals surface area (Å²) in [6, 6.07) is 8.73. The average molecular weight is 708 g/mol. The molecule has 4 aliphatic heterocycles. The van der Waals surface area contributed by atoms with Crippen molar-refractivity contribution >= 4 is 46.2 Å². The number of thioether (sulfide) groups is 2. The third-order valence-corrected chi connectivity index (χ3v) is 10.1. The fourth-order valence-corrected chi connectivity index (χ4v) is 7.79. The highest BCUT2D eigenvalue weighted by Crippen LogP contribution is 2.41. The Hall–Kier alpha value is -2.91. The standard InChI is InChI=1S/C23H32N2O6S.C9H13N3O3S/c1-7-25(22(27)31-23(3,4)5)21-24-18-19(14(2)17(12-26)30-20(18)32-21)29-13-15-8-10-16(28-6)11-9-15;1-2-11-9-12-5-7(14)6(13)4(3-10)15-8(5)16-9/h8-12,14,17-20H,7,13H2,1-6H3;4-8,13-14H,2H2,1H3,(H,11,12)/t14-,17-,18-,19+,20-;4-,5-,6-,7-,8-/m11/s1. The van der Waals surface area contributed by atoms with Crippen molar-refractivity contribution in [1.82, 2.24) is 10.2 Å². The number of nitriles is 1. The summed E-state index contributed by atoms with van der Waals surface area (Å²) in [7, 11) is 1.62. The fourth-order valence-electron chi connectivity index (χ4n) is 5.36. The van der Waals surface area contributed by atoms with E-state index in [4.69, 9.17) is 33.9 Å². The molecule has 3 N–H and O–H groups in total. The van der Waals surface area contributed by atoms with Gasteiger partial charge in [0.25, 0.3) is 0 Å². The van der Waals surface area contributed by atoms with E-state index in [0.29, 0.717) is 30.0 Å². The van der Waals surface area contributed by atoms with Gasteiger partial charge in [0.2, 0.25) is 0 Å². The molecule has 0 aromatic heterocycles. The number of hydrogen-bond acceptors (Lipinski definition) is 14. The van der Waals surface area contributed by atoms with Gasteiger partial charge in [-0.3, -0.25) is 14.9 Å². The van der Waals surface area contributed by atoms with Gasteiger partial charge < -0.3 is 44.0 Å². The van der Waals surface area contributed by atoms with Crippen LogP contribution in [0.2, 0.25) is 0 Å². The van der Waals surface area contributed by atoms with Gasteiger partial charge in [-0.25, -0.2) is 4.79 Å². The lowest BCUT2D eigenvalue weighted by Crippen LogP contribution is -2.58. The molecule has 1 aromatic rings. The Balaban J connectivity index is 0.000000271. The predicted molar refractivity (Wildman–Crippen MR) is 182 cm³/mol. The third kappa shape index (κ3) is 9.00. The number of aliphatic imine (C=N–C) groups is 2. The van der Waals surface area contributed by atoms with Crippen LogP contribution < -0.4 is 10.1 Å². The molecule has 0 bridgehead atoms. The Bertz CT molecular complexity index is 1370. The lowest BCUT2D eigenvalue weighted by molar-refractivity contribution is -0.150. The summed E-state index contributed by atoms with van der Waals surface area (Å²) in [4.78, 5) is 34.8. The molecule has 4 heterocycles. The van der Waals surface area contributed by atoms with Gasteiger partial charge in [0.1, 0.15) is 52.9 Å². The number of nitrogens with zero attached hydrogens (tertiary/aromatic N) is 4. The SMILES string of the molecule is CCN(C(=O)OC(C)(C)C)C1=N[C@@H]2[C@@H](OCc3ccc(OC)cc3)[C@H](C)[C@@H](C=O)O[C@@H]2S1.CCN=C1N[C@@H]2[C@@H](O)[C@H](O)[C@@H](C#N)O[C@@H]2S1. The van der Waals surface area contributed by atoms with Gasteiger partial charge in [0.15, 0.2) is 16.4 Å². The van der Waals surface area contributed by atoms with Crippen LogP contribution in [0.15, 0.2) is 34.3 Å². The molecule has 0 radical (unpaired) electrons. The molecule has 3 saturated heterocycles. The molecule has 16 heteroatoms. The molecule has 0 spiro atoms. The number of amidine groups is 2. The van der Waals surface area contributed by atoms with Crippen LogP contribution >= 0.6 is 23.5 Å². The Kier molecular flexibility index (Phi) is 13.2. The number of fused-ring (bicyclic) bond motifs is 2. The first kappa shape index (κ1) is 37.9. The van der Waals surface area contributed by atoms with Crippen LogP contribution in [0.25, 0.3) is 0 Å². The minimum absolute atomic E-state index is 0.188. The maximum absolute atomic E-state index is 12.7. The van der Waals surface area contributed by atoms with Crippen molar-refractivity contribution in [1.29, 1.82) is 5.26 Å². The molecule has 1 aromatic carbocycles. The molecular formula is C32H45N5O9S2. The molecule has 3 fully saturated rings. The number of rotatable bonds is 7. The molecule has 10 atom stereocenters. The van der Waals surface area contributed by atoms with Gasteiger partial charge in [-0.05, 0) is 52.3 Å². The second-order valence-corrected chi connectivity index (χ2v) is 14.6. The molecule has 0 unspecified atom stereocenters.